The third-order valence-electron chi connectivity index (χ3n) is 4.70. The van der Waals surface area contributed by atoms with Crippen LogP contribution in [0, 0.1) is 5.92 Å². The van der Waals surface area contributed by atoms with Crippen LogP contribution in [0.4, 0.5) is 0 Å². The van der Waals surface area contributed by atoms with Gasteiger partial charge in [-0.15, -0.1) is 11.3 Å². The Morgan fingerprint density at radius 3 is 2.75 bits per heavy atom. The number of nitrogens with one attached hydrogen (secondary N) is 1. The lowest BCUT2D eigenvalue weighted by molar-refractivity contribution is 0.206. The molecule has 3 nitrogen and oxygen atoms in total. The molecule has 2 fully saturated rings. The third kappa shape index (κ3) is 3.80. The summed E-state index contributed by atoms with van der Waals surface area (Å²) in [5, 5.41) is 14.3. The topological polar surface area (TPSA) is 45.1 Å². The molecule has 3 rings (SSSR count). The summed E-state index contributed by atoms with van der Waals surface area (Å²) in [6, 6.07) is 0.478. The largest absolute Gasteiger partial charge is 0.396 e. The van der Waals surface area contributed by atoms with Gasteiger partial charge in [0.1, 0.15) is 0 Å². The first kappa shape index (κ1) is 14.5. The fourth-order valence-electron chi connectivity index (χ4n) is 3.34. The molecule has 1 unspecified atom stereocenters. The summed E-state index contributed by atoms with van der Waals surface area (Å²) in [6.45, 7) is 1.22. The van der Waals surface area contributed by atoms with Gasteiger partial charge in [0.2, 0.25) is 0 Å². The van der Waals surface area contributed by atoms with Crippen molar-refractivity contribution >= 4 is 11.3 Å². The van der Waals surface area contributed by atoms with Crippen LogP contribution < -0.4 is 5.32 Å². The Kier molecular flexibility index (Phi) is 5.08. The highest BCUT2D eigenvalue weighted by Gasteiger charge is 2.27. The predicted octanol–water partition coefficient (Wildman–Crippen LogP) is 3.44. The fourth-order valence-corrected chi connectivity index (χ4v) is 4.37. The van der Waals surface area contributed by atoms with E-state index in [2.05, 4.69) is 10.3 Å². The van der Waals surface area contributed by atoms with E-state index in [1.54, 1.807) is 0 Å². The molecule has 0 aliphatic heterocycles. The third-order valence-corrected chi connectivity index (χ3v) is 5.86. The lowest BCUT2D eigenvalue weighted by Gasteiger charge is -2.30. The first-order valence-corrected chi connectivity index (χ1v) is 8.97. The van der Waals surface area contributed by atoms with Crippen LogP contribution in [-0.2, 0) is 6.54 Å². The van der Waals surface area contributed by atoms with Gasteiger partial charge in [-0.05, 0) is 38.0 Å². The minimum Gasteiger partial charge on any atom is -0.396 e. The van der Waals surface area contributed by atoms with E-state index in [-0.39, 0.29) is 0 Å². The summed E-state index contributed by atoms with van der Waals surface area (Å²) >= 11 is 1.87. The minimum absolute atomic E-state index is 0.296. The molecule has 2 aliphatic rings. The molecule has 4 heteroatoms. The van der Waals surface area contributed by atoms with Crippen LogP contribution in [0.2, 0.25) is 0 Å². The summed E-state index contributed by atoms with van der Waals surface area (Å²) in [4.78, 5) is 5.90. The Labute approximate surface area is 125 Å². The maximum Gasteiger partial charge on any atom is 0.0959 e. The molecule has 2 N–H and O–H groups in total. The van der Waals surface area contributed by atoms with Crippen molar-refractivity contribution in [1.29, 1.82) is 0 Å². The highest BCUT2D eigenvalue weighted by molar-refractivity contribution is 7.11. The Morgan fingerprint density at radius 1 is 1.25 bits per heavy atom. The highest BCUT2D eigenvalue weighted by atomic mass is 32.1. The highest BCUT2D eigenvalue weighted by Crippen LogP contribution is 2.41. The van der Waals surface area contributed by atoms with E-state index in [0.717, 1.165) is 24.8 Å². The van der Waals surface area contributed by atoms with Crippen molar-refractivity contribution in [3.63, 3.8) is 0 Å². The number of aliphatic hydroxyl groups is 1. The van der Waals surface area contributed by atoms with Crippen LogP contribution in [0.15, 0.2) is 6.20 Å². The second kappa shape index (κ2) is 7.01. The SMILES string of the molecule is OCCC(NCc1cnc(C2CC2)s1)C1CCCCC1. The monoisotopic (exact) mass is 294 g/mol. The van der Waals surface area contributed by atoms with Crippen LogP contribution in [0.25, 0.3) is 0 Å². The number of hydrogen-bond donors (Lipinski definition) is 2. The summed E-state index contributed by atoms with van der Waals surface area (Å²) in [6.07, 6.45) is 12.4. The van der Waals surface area contributed by atoms with Crippen molar-refractivity contribution in [2.24, 2.45) is 5.92 Å². The molecule has 0 aromatic carbocycles. The van der Waals surface area contributed by atoms with Crippen LogP contribution >= 0.6 is 11.3 Å². The summed E-state index contributed by atoms with van der Waals surface area (Å²) in [7, 11) is 0. The van der Waals surface area contributed by atoms with Gasteiger partial charge in [-0.25, -0.2) is 4.98 Å². The quantitative estimate of drug-likeness (QED) is 0.809. The minimum atomic E-state index is 0.296. The normalized spacial score (nSPS) is 22.1. The van der Waals surface area contributed by atoms with Gasteiger partial charge >= 0.3 is 0 Å². The van der Waals surface area contributed by atoms with Crippen molar-refractivity contribution in [2.45, 2.75) is 69.9 Å². The molecule has 1 aromatic rings. The van der Waals surface area contributed by atoms with Gasteiger partial charge in [0, 0.05) is 36.2 Å². The predicted molar refractivity (Wildman–Crippen MR) is 83.0 cm³/mol. The number of thiazole rings is 1. The van der Waals surface area contributed by atoms with Crippen LogP contribution in [0.5, 0.6) is 0 Å². The van der Waals surface area contributed by atoms with Crippen molar-refractivity contribution in [3.8, 4) is 0 Å². The maximum atomic E-state index is 9.30. The lowest BCUT2D eigenvalue weighted by Crippen LogP contribution is -2.37. The molecular weight excluding hydrogens is 268 g/mol. The molecule has 0 amide bonds. The van der Waals surface area contributed by atoms with Gasteiger partial charge in [-0.2, -0.15) is 0 Å². The van der Waals surface area contributed by atoms with Gasteiger partial charge in [-0.3, -0.25) is 0 Å². The molecule has 112 valence electrons. The molecule has 1 heterocycles. The molecule has 0 bridgehead atoms. The van der Waals surface area contributed by atoms with E-state index in [9.17, 15) is 5.11 Å². The van der Waals surface area contributed by atoms with Gasteiger partial charge in [0.05, 0.1) is 5.01 Å². The Hall–Kier alpha value is -0.450. The number of nitrogens with zero attached hydrogens (tertiary/aromatic N) is 1. The first-order valence-electron chi connectivity index (χ1n) is 8.15. The standard InChI is InChI=1S/C16H26N2OS/c19-9-8-15(12-4-2-1-3-5-12)17-10-14-11-18-16(20-14)13-6-7-13/h11-13,15,17,19H,1-10H2. The molecule has 1 aromatic heterocycles. The number of rotatable bonds is 7. The Balaban J connectivity index is 1.52. The van der Waals surface area contributed by atoms with Gasteiger partial charge < -0.3 is 10.4 Å². The van der Waals surface area contributed by atoms with Crippen molar-refractivity contribution in [2.75, 3.05) is 6.61 Å². The van der Waals surface area contributed by atoms with Crippen molar-refractivity contribution < 1.29 is 5.11 Å². The lowest BCUT2D eigenvalue weighted by atomic mass is 9.83. The molecule has 0 radical (unpaired) electrons. The smallest absolute Gasteiger partial charge is 0.0959 e. The molecule has 0 spiro atoms. The number of aromatic nitrogens is 1. The molecule has 2 saturated carbocycles. The average molecular weight is 294 g/mol. The van der Waals surface area contributed by atoms with Crippen LogP contribution in [0.1, 0.15) is 67.2 Å². The first-order chi connectivity index (χ1) is 9.86. The van der Waals surface area contributed by atoms with E-state index in [4.69, 9.17) is 0 Å². The van der Waals surface area contributed by atoms with E-state index >= 15 is 0 Å². The van der Waals surface area contributed by atoms with Crippen molar-refractivity contribution in [3.05, 3.63) is 16.1 Å². The van der Waals surface area contributed by atoms with E-state index in [0.29, 0.717) is 12.6 Å². The number of hydrogen-bond acceptors (Lipinski definition) is 4. The Bertz CT molecular complexity index is 410. The zero-order valence-corrected chi connectivity index (χ0v) is 13.0. The van der Waals surface area contributed by atoms with Gasteiger partial charge in [0.25, 0.3) is 0 Å². The molecular formula is C16H26N2OS. The fraction of sp³-hybridized carbons (Fsp3) is 0.812. The van der Waals surface area contributed by atoms with E-state index < -0.39 is 0 Å². The summed E-state index contributed by atoms with van der Waals surface area (Å²) in [5.74, 6) is 1.52. The van der Waals surface area contributed by atoms with E-state index in [1.165, 1.54) is 54.8 Å². The molecule has 2 aliphatic carbocycles. The number of aliphatic hydroxyl groups excluding tert-OH is 1. The molecule has 1 atom stereocenters. The maximum absolute atomic E-state index is 9.30. The molecule has 20 heavy (non-hydrogen) atoms. The Morgan fingerprint density at radius 2 is 2.05 bits per heavy atom. The second-order valence-electron chi connectivity index (χ2n) is 6.34. The van der Waals surface area contributed by atoms with Crippen molar-refractivity contribution in [1.82, 2.24) is 10.3 Å². The molecule has 0 saturated heterocycles. The van der Waals surface area contributed by atoms with Crippen LogP contribution in [-0.4, -0.2) is 22.7 Å². The summed E-state index contributed by atoms with van der Waals surface area (Å²) < 4.78 is 0. The van der Waals surface area contributed by atoms with Crippen LogP contribution in [0.3, 0.4) is 0 Å². The van der Waals surface area contributed by atoms with E-state index in [1.807, 2.05) is 17.5 Å². The zero-order chi connectivity index (χ0) is 13.8. The second-order valence-corrected chi connectivity index (χ2v) is 7.48. The van der Waals surface area contributed by atoms with Gasteiger partial charge in [-0.1, -0.05) is 19.3 Å². The van der Waals surface area contributed by atoms with Gasteiger partial charge in [0.15, 0.2) is 0 Å². The average Bonchev–Trinajstić information content (AvgIpc) is 3.24. The zero-order valence-electron chi connectivity index (χ0n) is 12.2. The summed E-state index contributed by atoms with van der Waals surface area (Å²) in [5.41, 5.74) is 0.